The van der Waals surface area contributed by atoms with Crippen molar-refractivity contribution in [3.63, 3.8) is 0 Å². The SMILES string of the molecule is COC(=O)c1c(N)cccc1OCCCC1CCCO1. The van der Waals surface area contributed by atoms with Crippen LogP contribution in [0.25, 0.3) is 0 Å². The average molecular weight is 279 g/mol. The molecule has 2 rings (SSSR count). The second-order valence-electron chi connectivity index (χ2n) is 4.84. The Kier molecular flexibility index (Phi) is 5.24. The number of anilines is 1. The number of nitrogen functional groups attached to an aromatic ring is 1. The van der Waals surface area contributed by atoms with Crippen LogP contribution in [0.1, 0.15) is 36.0 Å². The second-order valence-corrected chi connectivity index (χ2v) is 4.84. The maximum Gasteiger partial charge on any atom is 0.343 e. The zero-order valence-electron chi connectivity index (χ0n) is 11.8. The van der Waals surface area contributed by atoms with Gasteiger partial charge in [0.1, 0.15) is 11.3 Å². The molecule has 1 aliphatic rings. The summed E-state index contributed by atoms with van der Waals surface area (Å²) in [6, 6.07) is 5.15. The molecule has 1 aliphatic heterocycles. The Bertz CT molecular complexity index is 455. The summed E-state index contributed by atoms with van der Waals surface area (Å²) >= 11 is 0. The molecule has 0 bridgehead atoms. The summed E-state index contributed by atoms with van der Waals surface area (Å²) in [4.78, 5) is 11.7. The number of carbonyl (C=O) groups is 1. The van der Waals surface area contributed by atoms with Crippen LogP contribution in [-0.2, 0) is 9.47 Å². The van der Waals surface area contributed by atoms with Crippen LogP contribution in [0.15, 0.2) is 18.2 Å². The van der Waals surface area contributed by atoms with Crippen molar-refractivity contribution in [2.45, 2.75) is 31.8 Å². The molecule has 110 valence electrons. The van der Waals surface area contributed by atoms with E-state index in [0.29, 0.717) is 29.7 Å². The van der Waals surface area contributed by atoms with Gasteiger partial charge in [-0.25, -0.2) is 4.79 Å². The predicted molar refractivity (Wildman–Crippen MR) is 75.9 cm³/mol. The van der Waals surface area contributed by atoms with E-state index < -0.39 is 5.97 Å². The van der Waals surface area contributed by atoms with Crippen LogP contribution in [-0.4, -0.2) is 32.4 Å². The molecule has 1 unspecified atom stereocenters. The Morgan fingerprint density at radius 2 is 2.35 bits per heavy atom. The number of hydrogen-bond acceptors (Lipinski definition) is 5. The molecule has 1 saturated heterocycles. The van der Waals surface area contributed by atoms with E-state index in [1.807, 2.05) is 0 Å². The predicted octanol–water partition coefficient (Wildman–Crippen LogP) is 2.39. The lowest BCUT2D eigenvalue weighted by atomic mass is 10.1. The molecule has 0 amide bonds. The van der Waals surface area contributed by atoms with Crippen molar-refractivity contribution in [2.24, 2.45) is 0 Å². The summed E-state index contributed by atoms with van der Waals surface area (Å²) in [5, 5.41) is 0. The van der Waals surface area contributed by atoms with Gasteiger partial charge in [0.2, 0.25) is 0 Å². The molecule has 0 spiro atoms. The lowest BCUT2D eigenvalue weighted by Crippen LogP contribution is -2.11. The molecule has 5 heteroatoms. The minimum atomic E-state index is -0.475. The number of hydrogen-bond donors (Lipinski definition) is 1. The van der Waals surface area contributed by atoms with Crippen LogP contribution < -0.4 is 10.5 Å². The maximum absolute atomic E-state index is 11.7. The van der Waals surface area contributed by atoms with Crippen LogP contribution in [0, 0.1) is 0 Å². The van der Waals surface area contributed by atoms with E-state index in [-0.39, 0.29) is 0 Å². The van der Waals surface area contributed by atoms with E-state index in [0.717, 1.165) is 32.3 Å². The molecular weight excluding hydrogens is 258 g/mol. The lowest BCUT2D eigenvalue weighted by Gasteiger charge is -2.13. The van der Waals surface area contributed by atoms with Gasteiger partial charge < -0.3 is 19.9 Å². The third-order valence-electron chi connectivity index (χ3n) is 3.40. The minimum absolute atomic E-state index is 0.298. The van der Waals surface area contributed by atoms with Gasteiger partial charge in [0, 0.05) is 12.3 Å². The van der Waals surface area contributed by atoms with Crippen LogP contribution in [0.5, 0.6) is 5.75 Å². The zero-order chi connectivity index (χ0) is 14.4. The first-order valence-corrected chi connectivity index (χ1v) is 6.93. The number of benzene rings is 1. The highest BCUT2D eigenvalue weighted by molar-refractivity contribution is 5.98. The monoisotopic (exact) mass is 279 g/mol. The molecule has 5 nitrogen and oxygen atoms in total. The standard InChI is InChI=1S/C15H21NO4/c1-18-15(17)14-12(16)7-2-8-13(14)20-10-4-6-11-5-3-9-19-11/h2,7-8,11H,3-6,9-10,16H2,1H3. The number of rotatable bonds is 6. The van der Waals surface area contributed by atoms with Gasteiger partial charge in [-0.05, 0) is 37.8 Å². The third kappa shape index (κ3) is 3.63. The van der Waals surface area contributed by atoms with Gasteiger partial charge in [-0.15, -0.1) is 0 Å². The lowest BCUT2D eigenvalue weighted by molar-refractivity contribution is 0.0596. The van der Waals surface area contributed by atoms with E-state index in [2.05, 4.69) is 0 Å². The van der Waals surface area contributed by atoms with Crippen molar-refractivity contribution >= 4 is 11.7 Å². The van der Waals surface area contributed by atoms with E-state index in [4.69, 9.17) is 19.9 Å². The summed E-state index contributed by atoms with van der Waals surface area (Å²) in [6.07, 6.45) is 4.51. The molecule has 2 N–H and O–H groups in total. The van der Waals surface area contributed by atoms with Crippen LogP contribution in [0.2, 0.25) is 0 Å². The molecule has 1 aromatic rings. The number of esters is 1. The number of ether oxygens (including phenoxy) is 3. The summed E-state index contributed by atoms with van der Waals surface area (Å²) in [5.41, 5.74) is 6.47. The Morgan fingerprint density at radius 1 is 1.50 bits per heavy atom. The van der Waals surface area contributed by atoms with Gasteiger partial charge in [-0.2, -0.15) is 0 Å². The van der Waals surface area contributed by atoms with Gasteiger partial charge in [-0.1, -0.05) is 6.07 Å². The Morgan fingerprint density at radius 3 is 3.05 bits per heavy atom. The summed E-state index contributed by atoms with van der Waals surface area (Å²) in [7, 11) is 1.33. The van der Waals surface area contributed by atoms with Crippen molar-refractivity contribution in [2.75, 3.05) is 26.1 Å². The quantitative estimate of drug-likeness (QED) is 0.492. The molecular formula is C15H21NO4. The zero-order valence-corrected chi connectivity index (χ0v) is 11.8. The van der Waals surface area contributed by atoms with Gasteiger partial charge in [0.25, 0.3) is 0 Å². The van der Waals surface area contributed by atoms with Gasteiger partial charge >= 0.3 is 5.97 Å². The van der Waals surface area contributed by atoms with Gasteiger partial charge in [0.15, 0.2) is 0 Å². The van der Waals surface area contributed by atoms with E-state index >= 15 is 0 Å². The molecule has 0 aliphatic carbocycles. The van der Waals surface area contributed by atoms with Crippen LogP contribution >= 0.6 is 0 Å². The Labute approximate surface area is 119 Å². The molecule has 0 aromatic heterocycles. The fourth-order valence-electron chi connectivity index (χ4n) is 2.35. The molecule has 20 heavy (non-hydrogen) atoms. The molecule has 1 aromatic carbocycles. The summed E-state index contributed by atoms with van der Waals surface area (Å²) in [6.45, 7) is 1.40. The summed E-state index contributed by atoms with van der Waals surface area (Å²) < 4.78 is 15.9. The van der Waals surface area contributed by atoms with Crippen LogP contribution in [0.3, 0.4) is 0 Å². The molecule has 1 atom stereocenters. The van der Waals surface area contributed by atoms with Crippen molar-refractivity contribution in [3.05, 3.63) is 23.8 Å². The highest BCUT2D eigenvalue weighted by Crippen LogP contribution is 2.25. The Balaban J connectivity index is 1.88. The number of nitrogens with two attached hydrogens (primary N) is 1. The molecule has 0 saturated carbocycles. The van der Waals surface area contributed by atoms with Crippen molar-refractivity contribution in [3.8, 4) is 5.75 Å². The molecule has 0 radical (unpaired) electrons. The highest BCUT2D eigenvalue weighted by Gasteiger charge is 2.17. The molecule has 1 fully saturated rings. The second kappa shape index (κ2) is 7.14. The van der Waals surface area contributed by atoms with Crippen molar-refractivity contribution < 1.29 is 19.0 Å². The summed E-state index contributed by atoms with van der Waals surface area (Å²) in [5.74, 6) is 0.00131. The highest BCUT2D eigenvalue weighted by atomic mass is 16.5. The number of carbonyl (C=O) groups excluding carboxylic acids is 1. The van der Waals surface area contributed by atoms with Gasteiger partial charge in [0.05, 0.1) is 19.8 Å². The minimum Gasteiger partial charge on any atom is -0.493 e. The van der Waals surface area contributed by atoms with Crippen molar-refractivity contribution in [1.29, 1.82) is 0 Å². The topological polar surface area (TPSA) is 70.8 Å². The van der Waals surface area contributed by atoms with E-state index in [1.54, 1.807) is 18.2 Å². The average Bonchev–Trinajstić information content (AvgIpc) is 2.96. The third-order valence-corrected chi connectivity index (χ3v) is 3.40. The fraction of sp³-hybridized carbons (Fsp3) is 0.533. The first-order valence-electron chi connectivity index (χ1n) is 6.93. The first-order chi connectivity index (χ1) is 9.72. The fourth-order valence-corrected chi connectivity index (χ4v) is 2.35. The van der Waals surface area contributed by atoms with E-state index in [1.165, 1.54) is 7.11 Å². The largest absolute Gasteiger partial charge is 0.493 e. The maximum atomic E-state index is 11.7. The smallest absolute Gasteiger partial charge is 0.343 e. The van der Waals surface area contributed by atoms with E-state index in [9.17, 15) is 4.79 Å². The first kappa shape index (κ1) is 14.7. The van der Waals surface area contributed by atoms with Gasteiger partial charge in [-0.3, -0.25) is 0 Å². The van der Waals surface area contributed by atoms with Crippen LogP contribution in [0.4, 0.5) is 5.69 Å². The normalized spacial score (nSPS) is 17.9. The Hall–Kier alpha value is -1.75. The molecule has 1 heterocycles. The number of methoxy groups -OCH3 is 1. The van der Waals surface area contributed by atoms with Crippen molar-refractivity contribution in [1.82, 2.24) is 0 Å².